The minimum atomic E-state index is -0.337. The lowest BCUT2D eigenvalue weighted by atomic mass is 9.85. The number of fused-ring (bicyclic) bond motifs is 4. The summed E-state index contributed by atoms with van der Waals surface area (Å²) in [6.45, 7) is 3.17. The van der Waals surface area contributed by atoms with E-state index in [4.69, 9.17) is 0 Å². The molecule has 2 nitrogen and oxygen atoms in total. The number of nitrogens with zero attached hydrogens (tertiary/aromatic N) is 1. The molecule has 30 heavy (non-hydrogen) atoms. The monoisotopic (exact) mass is 395 g/mol. The molecule has 2 aliphatic carbocycles. The third kappa shape index (κ3) is 3.19. The van der Waals surface area contributed by atoms with Crippen LogP contribution in [0.2, 0.25) is 0 Å². The molecule has 3 unspecified atom stereocenters. The number of rotatable bonds is 4. The van der Waals surface area contributed by atoms with E-state index in [0.29, 0.717) is 5.92 Å². The zero-order valence-electron chi connectivity index (χ0n) is 17.4. The van der Waals surface area contributed by atoms with Gasteiger partial charge in [0.05, 0.1) is 6.10 Å². The number of aliphatic hydroxyl groups is 1. The van der Waals surface area contributed by atoms with Crippen molar-refractivity contribution in [3.63, 3.8) is 0 Å². The highest BCUT2D eigenvalue weighted by Gasteiger charge is 2.41. The second-order valence-electron chi connectivity index (χ2n) is 9.41. The maximum atomic E-state index is 10.8. The highest BCUT2D eigenvalue weighted by Crippen LogP contribution is 2.55. The van der Waals surface area contributed by atoms with Crippen LogP contribution in [0.25, 0.3) is 16.8 Å². The van der Waals surface area contributed by atoms with Gasteiger partial charge in [0.25, 0.3) is 0 Å². The van der Waals surface area contributed by atoms with Gasteiger partial charge in [0.1, 0.15) is 0 Å². The number of hydrogen-bond acceptors (Lipinski definition) is 2. The van der Waals surface area contributed by atoms with Crippen LogP contribution in [0.1, 0.15) is 53.5 Å². The maximum Gasteiger partial charge on any atom is 0.0819 e. The summed E-state index contributed by atoms with van der Waals surface area (Å²) in [6, 6.07) is 21.5. The molecule has 3 aromatic carbocycles. The molecule has 0 bridgehead atoms. The van der Waals surface area contributed by atoms with E-state index >= 15 is 0 Å². The number of likely N-dealkylation sites (tertiary alicyclic amines) is 1. The van der Waals surface area contributed by atoms with E-state index in [1.54, 1.807) is 11.1 Å². The highest BCUT2D eigenvalue weighted by molar-refractivity contribution is 5.90. The van der Waals surface area contributed by atoms with E-state index in [-0.39, 0.29) is 6.10 Å². The standard InChI is InChI=1S/C28H29NO/c30-28(19-6-2-1-3-7-19)20-12-14-29(15-13-20)18-26-24-9-5-4-8-21(24)16-23-11-10-22-17-25(22)27(23)26/h1-11,16,20,22,25,28,30H,12-15,17-18H2. The zero-order valence-corrected chi connectivity index (χ0v) is 17.4. The minimum absolute atomic E-state index is 0.337. The molecule has 1 saturated carbocycles. The first-order valence-corrected chi connectivity index (χ1v) is 11.5. The van der Waals surface area contributed by atoms with Crippen LogP contribution in [0.5, 0.6) is 0 Å². The summed E-state index contributed by atoms with van der Waals surface area (Å²) in [7, 11) is 0. The molecule has 3 aromatic rings. The number of allylic oxidation sites excluding steroid dienone is 1. The minimum Gasteiger partial charge on any atom is -0.388 e. The van der Waals surface area contributed by atoms with Crippen molar-refractivity contribution in [3.8, 4) is 0 Å². The third-order valence-corrected chi connectivity index (χ3v) is 7.57. The molecule has 1 N–H and O–H groups in total. The Morgan fingerprint density at radius 3 is 2.57 bits per heavy atom. The van der Waals surface area contributed by atoms with Crippen molar-refractivity contribution in [3.05, 3.63) is 89.0 Å². The molecule has 6 rings (SSSR count). The first kappa shape index (κ1) is 18.4. The van der Waals surface area contributed by atoms with Gasteiger partial charge in [-0.3, -0.25) is 4.90 Å². The van der Waals surface area contributed by atoms with Gasteiger partial charge in [0, 0.05) is 6.54 Å². The summed E-state index contributed by atoms with van der Waals surface area (Å²) in [5.41, 5.74) is 5.68. The van der Waals surface area contributed by atoms with Crippen LogP contribution in [0.4, 0.5) is 0 Å². The van der Waals surface area contributed by atoms with Gasteiger partial charge in [0.15, 0.2) is 0 Å². The summed E-state index contributed by atoms with van der Waals surface area (Å²) < 4.78 is 0. The van der Waals surface area contributed by atoms with E-state index < -0.39 is 0 Å². The molecule has 0 amide bonds. The Morgan fingerprint density at radius 2 is 1.73 bits per heavy atom. The summed E-state index contributed by atoms with van der Waals surface area (Å²) in [6.07, 6.45) is 7.89. The SMILES string of the molecule is OC(c1ccccc1)C1CCN(Cc2c3c(cc4ccccc24)C=CC2CC32)CC1. The maximum absolute atomic E-state index is 10.8. The Kier molecular flexibility index (Phi) is 4.51. The topological polar surface area (TPSA) is 23.5 Å². The average Bonchev–Trinajstić information content (AvgIpc) is 3.59. The Morgan fingerprint density at radius 1 is 0.967 bits per heavy atom. The van der Waals surface area contributed by atoms with Crippen molar-refractivity contribution in [2.45, 2.75) is 37.8 Å². The normalized spacial score (nSPS) is 24.4. The molecule has 3 aliphatic rings. The largest absolute Gasteiger partial charge is 0.388 e. The Hall–Kier alpha value is -2.42. The van der Waals surface area contributed by atoms with E-state index in [9.17, 15) is 5.11 Å². The van der Waals surface area contributed by atoms with Gasteiger partial charge in [-0.15, -0.1) is 0 Å². The summed E-state index contributed by atoms with van der Waals surface area (Å²) >= 11 is 0. The van der Waals surface area contributed by atoms with Gasteiger partial charge in [-0.2, -0.15) is 0 Å². The van der Waals surface area contributed by atoms with Crippen LogP contribution in [-0.2, 0) is 6.54 Å². The molecule has 2 heteroatoms. The fourth-order valence-corrected chi connectivity index (χ4v) is 5.77. The first-order valence-electron chi connectivity index (χ1n) is 11.5. The summed E-state index contributed by atoms with van der Waals surface area (Å²) in [4.78, 5) is 2.62. The van der Waals surface area contributed by atoms with Crippen LogP contribution < -0.4 is 0 Å². The molecule has 1 heterocycles. The molecule has 1 saturated heterocycles. The molecule has 3 atom stereocenters. The van der Waals surface area contributed by atoms with Crippen LogP contribution >= 0.6 is 0 Å². The van der Waals surface area contributed by atoms with Gasteiger partial charge >= 0.3 is 0 Å². The Bertz CT molecular complexity index is 1090. The predicted molar refractivity (Wildman–Crippen MR) is 123 cm³/mol. The lowest BCUT2D eigenvalue weighted by molar-refractivity contribution is 0.0568. The predicted octanol–water partition coefficient (Wildman–Crippen LogP) is 5.92. The molecule has 152 valence electrons. The molecule has 0 radical (unpaired) electrons. The lowest BCUT2D eigenvalue weighted by Crippen LogP contribution is -2.35. The van der Waals surface area contributed by atoms with Crippen LogP contribution in [0.15, 0.2) is 66.7 Å². The van der Waals surface area contributed by atoms with Crippen molar-refractivity contribution >= 4 is 16.8 Å². The van der Waals surface area contributed by atoms with Gasteiger partial charge in [0.2, 0.25) is 0 Å². The second-order valence-corrected chi connectivity index (χ2v) is 9.41. The van der Waals surface area contributed by atoms with Crippen molar-refractivity contribution in [2.24, 2.45) is 11.8 Å². The van der Waals surface area contributed by atoms with Crippen LogP contribution in [0, 0.1) is 11.8 Å². The van der Waals surface area contributed by atoms with Crippen molar-refractivity contribution in [1.29, 1.82) is 0 Å². The van der Waals surface area contributed by atoms with Crippen molar-refractivity contribution < 1.29 is 5.11 Å². The van der Waals surface area contributed by atoms with Gasteiger partial charge in [-0.05, 0) is 89.2 Å². The van der Waals surface area contributed by atoms with E-state index in [1.807, 2.05) is 18.2 Å². The lowest BCUT2D eigenvalue weighted by Gasteiger charge is -2.35. The summed E-state index contributed by atoms with van der Waals surface area (Å²) in [5.74, 6) is 1.87. The Labute approximate surface area is 178 Å². The van der Waals surface area contributed by atoms with Gasteiger partial charge in [-0.25, -0.2) is 0 Å². The number of aliphatic hydroxyl groups excluding tert-OH is 1. The van der Waals surface area contributed by atoms with Crippen LogP contribution in [-0.4, -0.2) is 23.1 Å². The van der Waals surface area contributed by atoms with Gasteiger partial charge in [-0.1, -0.05) is 66.7 Å². The molecular weight excluding hydrogens is 366 g/mol. The van der Waals surface area contributed by atoms with Gasteiger partial charge < -0.3 is 5.11 Å². The molecule has 0 spiro atoms. The Balaban J connectivity index is 1.24. The van der Waals surface area contributed by atoms with Crippen molar-refractivity contribution in [2.75, 3.05) is 13.1 Å². The van der Waals surface area contributed by atoms with E-state index in [1.165, 1.54) is 22.8 Å². The number of piperidine rings is 1. The van der Waals surface area contributed by atoms with Crippen LogP contribution in [0.3, 0.4) is 0 Å². The number of hydrogen-bond donors (Lipinski definition) is 1. The second kappa shape index (κ2) is 7.37. The molecule has 1 aliphatic heterocycles. The van der Waals surface area contributed by atoms with E-state index in [2.05, 4.69) is 59.5 Å². The van der Waals surface area contributed by atoms with Crippen molar-refractivity contribution in [1.82, 2.24) is 4.90 Å². The number of benzene rings is 3. The summed E-state index contributed by atoms with van der Waals surface area (Å²) in [5, 5.41) is 13.6. The smallest absolute Gasteiger partial charge is 0.0819 e. The fraction of sp³-hybridized carbons (Fsp3) is 0.357. The van der Waals surface area contributed by atoms with E-state index in [0.717, 1.165) is 49.9 Å². The first-order chi connectivity index (χ1) is 14.8. The quantitative estimate of drug-likeness (QED) is 0.593. The molecule has 0 aromatic heterocycles. The molecule has 2 fully saturated rings. The molecular formula is C28H29NO. The average molecular weight is 396 g/mol. The zero-order chi connectivity index (χ0) is 20.1. The highest BCUT2D eigenvalue weighted by atomic mass is 16.3. The third-order valence-electron chi connectivity index (χ3n) is 7.57. The fourth-order valence-electron chi connectivity index (χ4n) is 5.77.